The van der Waals surface area contributed by atoms with Gasteiger partial charge in [0.1, 0.15) is 5.76 Å². The normalized spacial score (nSPS) is 31.0. The Morgan fingerprint density at radius 3 is 2.93 bits per heavy atom. The maximum Gasteiger partial charge on any atom is 0.235 e. The second kappa shape index (κ2) is 3.17. The number of fused-ring (bicyclic) bond motifs is 1. The number of amides is 1. The van der Waals surface area contributed by atoms with E-state index >= 15 is 0 Å². The molecule has 14 heavy (non-hydrogen) atoms. The lowest BCUT2D eigenvalue weighted by Gasteiger charge is -2.32. The van der Waals surface area contributed by atoms with Crippen LogP contribution in [0.25, 0.3) is 0 Å². The summed E-state index contributed by atoms with van der Waals surface area (Å²) < 4.78 is 0. The summed E-state index contributed by atoms with van der Waals surface area (Å²) in [5.74, 6) is -0.636. The molecule has 0 radical (unpaired) electrons. The van der Waals surface area contributed by atoms with Crippen LogP contribution in [0, 0.1) is 11.8 Å². The number of carbonyl (C=O) groups excluding carboxylic acids is 1. The summed E-state index contributed by atoms with van der Waals surface area (Å²) in [6.07, 6.45) is 6.55. The van der Waals surface area contributed by atoms with E-state index in [9.17, 15) is 9.90 Å². The Morgan fingerprint density at radius 1 is 1.50 bits per heavy atom. The Bertz CT molecular complexity index is 370. The molecule has 0 bridgehead atoms. The van der Waals surface area contributed by atoms with Crippen molar-refractivity contribution in [3.63, 3.8) is 0 Å². The fourth-order valence-electron chi connectivity index (χ4n) is 1.72. The second-order valence-electron chi connectivity index (χ2n) is 3.44. The smallest absolute Gasteiger partial charge is 0.235 e. The first-order valence-electron chi connectivity index (χ1n) is 4.32. The minimum Gasteiger partial charge on any atom is -0.512 e. The monoisotopic (exact) mass is 211 g/mol. The molecule has 1 amide bonds. The van der Waals surface area contributed by atoms with Crippen LogP contribution < -0.4 is 0 Å². The van der Waals surface area contributed by atoms with Crippen LogP contribution in [0.2, 0.25) is 0 Å². The zero-order valence-corrected chi connectivity index (χ0v) is 8.40. The highest BCUT2D eigenvalue weighted by molar-refractivity contribution is 6.31. The number of rotatable bonds is 0. The van der Waals surface area contributed by atoms with Gasteiger partial charge in [0.25, 0.3) is 0 Å². The first-order valence-corrected chi connectivity index (χ1v) is 4.70. The first-order chi connectivity index (χ1) is 6.61. The molecule has 3 nitrogen and oxygen atoms in total. The maximum absolute atomic E-state index is 11.7. The molecule has 4 heteroatoms. The summed E-state index contributed by atoms with van der Waals surface area (Å²) in [5, 5.41) is 10.0. The van der Waals surface area contributed by atoms with Gasteiger partial charge in [0.05, 0.1) is 11.8 Å². The van der Waals surface area contributed by atoms with Gasteiger partial charge in [-0.05, 0) is 12.2 Å². The van der Waals surface area contributed by atoms with Crippen molar-refractivity contribution in [1.29, 1.82) is 0 Å². The molecule has 0 aromatic carbocycles. The molecule has 1 heterocycles. The zero-order chi connectivity index (χ0) is 10.3. The average Bonchev–Trinajstić information content (AvgIpc) is 2.16. The number of aliphatic hydroxyl groups is 1. The molecule has 2 rings (SSSR count). The van der Waals surface area contributed by atoms with Crippen LogP contribution in [0.15, 0.2) is 35.2 Å². The lowest BCUT2D eigenvalue weighted by molar-refractivity contribution is -0.132. The maximum atomic E-state index is 11.7. The number of aliphatic hydroxyl groups excluding tert-OH is 1. The molecule has 1 aliphatic heterocycles. The van der Waals surface area contributed by atoms with E-state index in [1.54, 1.807) is 25.4 Å². The van der Waals surface area contributed by atoms with Gasteiger partial charge in [-0.15, -0.1) is 0 Å². The molecule has 0 saturated carbocycles. The highest BCUT2D eigenvalue weighted by Crippen LogP contribution is 2.36. The Balaban J connectivity index is 2.44. The van der Waals surface area contributed by atoms with Crippen LogP contribution in [0.1, 0.15) is 0 Å². The Kier molecular flexibility index (Phi) is 2.11. The van der Waals surface area contributed by atoms with Gasteiger partial charge in [0.15, 0.2) is 0 Å². The molecule has 1 aliphatic carbocycles. The zero-order valence-electron chi connectivity index (χ0n) is 7.64. The number of hydrogen-bond acceptors (Lipinski definition) is 2. The van der Waals surface area contributed by atoms with E-state index < -0.39 is 5.92 Å². The summed E-state index contributed by atoms with van der Waals surface area (Å²) in [4.78, 5) is 13.2. The van der Waals surface area contributed by atoms with E-state index in [1.165, 1.54) is 11.0 Å². The van der Waals surface area contributed by atoms with Crippen LogP contribution in [-0.4, -0.2) is 23.0 Å². The number of carbonyl (C=O) groups is 1. The number of nitrogens with zero attached hydrogens (tertiary/aromatic N) is 1. The molecule has 2 aliphatic rings. The van der Waals surface area contributed by atoms with Crippen molar-refractivity contribution in [2.24, 2.45) is 11.8 Å². The molecule has 0 saturated heterocycles. The summed E-state index contributed by atoms with van der Waals surface area (Å²) >= 11 is 5.94. The fourth-order valence-corrected chi connectivity index (χ4v) is 2.01. The van der Waals surface area contributed by atoms with Gasteiger partial charge in [0, 0.05) is 18.3 Å². The van der Waals surface area contributed by atoms with Crippen molar-refractivity contribution in [2.75, 3.05) is 7.05 Å². The topological polar surface area (TPSA) is 40.5 Å². The first kappa shape index (κ1) is 9.34. The molecule has 2 unspecified atom stereocenters. The summed E-state index contributed by atoms with van der Waals surface area (Å²) in [7, 11) is 1.68. The van der Waals surface area contributed by atoms with Gasteiger partial charge in [-0.25, -0.2) is 0 Å². The molecule has 0 aromatic heterocycles. The molecule has 0 spiro atoms. The van der Waals surface area contributed by atoms with Crippen molar-refractivity contribution < 1.29 is 9.90 Å². The predicted octanol–water partition coefficient (Wildman–Crippen LogP) is 1.78. The van der Waals surface area contributed by atoms with Gasteiger partial charge in [0.2, 0.25) is 5.91 Å². The molecule has 0 fully saturated rings. The molecule has 74 valence electrons. The third kappa shape index (κ3) is 1.24. The Morgan fingerprint density at radius 2 is 2.21 bits per heavy atom. The van der Waals surface area contributed by atoms with Gasteiger partial charge in [-0.1, -0.05) is 17.7 Å². The Labute approximate surface area is 87.0 Å². The summed E-state index contributed by atoms with van der Waals surface area (Å²) in [6.45, 7) is 0. The van der Waals surface area contributed by atoms with Crippen LogP contribution in [0.3, 0.4) is 0 Å². The lowest BCUT2D eigenvalue weighted by Crippen LogP contribution is -2.38. The summed E-state index contributed by atoms with van der Waals surface area (Å²) in [6, 6.07) is 0. The van der Waals surface area contributed by atoms with Gasteiger partial charge in [-0.3, -0.25) is 4.79 Å². The number of hydrogen-bond donors (Lipinski definition) is 1. The predicted molar refractivity (Wildman–Crippen MR) is 53.5 cm³/mol. The third-order valence-electron chi connectivity index (χ3n) is 2.54. The van der Waals surface area contributed by atoms with Crippen molar-refractivity contribution in [2.45, 2.75) is 0 Å². The molecule has 0 aromatic rings. The molecule has 2 atom stereocenters. The minimum absolute atomic E-state index is 0.0848. The largest absolute Gasteiger partial charge is 0.512 e. The van der Waals surface area contributed by atoms with Crippen LogP contribution in [0.5, 0.6) is 0 Å². The van der Waals surface area contributed by atoms with E-state index in [4.69, 9.17) is 11.6 Å². The van der Waals surface area contributed by atoms with Crippen molar-refractivity contribution in [3.05, 3.63) is 35.2 Å². The second-order valence-corrected chi connectivity index (χ2v) is 3.87. The standard InChI is InChI=1S/C10H10ClNO2/c1-12-5-4-6-8(13)3-2-7(11)9(6)10(12)14/h2-6,9,13H,1H3. The van der Waals surface area contributed by atoms with E-state index in [0.717, 1.165) is 0 Å². The molecular weight excluding hydrogens is 202 g/mol. The number of allylic oxidation sites excluding steroid dienone is 3. The Hall–Kier alpha value is -1.22. The molecular formula is C10H10ClNO2. The highest BCUT2D eigenvalue weighted by atomic mass is 35.5. The van der Waals surface area contributed by atoms with E-state index in [2.05, 4.69) is 0 Å². The van der Waals surface area contributed by atoms with Crippen LogP contribution in [0.4, 0.5) is 0 Å². The van der Waals surface area contributed by atoms with Gasteiger partial charge >= 0.3 is 0 Å². The van der Waals surface area contributed by atoms with Crippen LogP contribution >= 0.6 is 11.6 Å². The average molecular weight is 212 g/mol. The molecule has 1 N–H and O–H groups in total. The van der Waals surface area contributed by atoms with E-state index in [-0.39, 0.29) is 17.6 Å². The van der Waals surface area contributed by atoms with E-state index in [1.807, 2.05) is 0 Å². The quantitative estimate of drug-likeness (QED) is 0.664. The highest BCUT2D eigenvalue weighted by Gasteiger charge is 2.37. The minimum atomic E-state index is -0.448. The van der Waals surface area contributed by atoms with Gasteiger partial charge < -0.3 is 10.0 Å². The van der Waals surface area contributed by atoms with Crippen molar-refractivity contribution in [1.82, 2.24) is 4.90 Å². The lowest BCUT2D eigenvalue weighted by atomic mass is 9.83. The van der Waals surface area contributed by atoms with E-state index in [0.29, 0.717) is 5.03 Å². The van der Waals surface area contributed by atoms with Gasteiger partial charge in [-0.2, -0.15) is 0 Å². The van der Waals surface area contributed by atoms with Crippen LogP contribution in [-0.2, 0) is 4.79 Å². The fraction of sp³-hybridized carbons (Fsp3) is 0.300. The SMILES string of the molecule is CN1C=CC2C(O)=CC=C(Cl)C2C1=O. The number of halogens is 1. The summed E-state index contributed by atoms with van der Waals surface area (Å²) in [5.41, 5.74) is 0. The van der Waals surface area contributed by atoms with Crippen molar-refractivity contribution >= 4 is 17.5 Å². The third-order valence-corrected chi connectivity index (χ3v) is 2.90. The van der Waals surface area contributed by atoms with Crippen molar-refractivity contribution in [3.8, 4) is 0 Å².